The van der Waals surface area contributed by atoms with Gasteiger partial charge >= 0.3 is 0 Å². The molecule has 6 heteroatoms. The van der Waals surface area contributed by atoms with Gasteiger partial charge in [0.15, 0.2) is 0 Å². The van der Waals surface area contributed by atoms with Crippen LogP contribution in [-0.2, 0) is 13.1 Å². The molecule has 1 aliphatic rings. The minimum absolute atomic E-state index is 0.347. The van der Waals surface area contributed by atoms with E-state index < -0.39 is 0 Å². The monoisotopic (exact) mass is 261 g/mol. The topological polar surface area (TPSA) is 60.0 Å². The van der Waals surface area contributed by atoms with Gasteiger partial charge in [0.1, 0.15) is 23.6 Å². The second kappa shape index (κ2) is 5.13. The summed E-state index contributed by atoms with van der Waals surface area (Å²) in [5, 5.41) is 8.38. The lowest BCUT2D eigenvalue weighted by Crippen LogP contribution is -2.25. The molecule has 3 rings (SSSR count). The smallest absolute Gasteiger partial charge is 0.141 e. The van der Waals surface area contributed by atoms with E-state index in [4.69, 9.17) is 4.52 Å². The Bertz CT molecular complexity index is 547. The van der Waals surface area contributed by atoms with Crippen LogP contribution in [0.1, 0.15) is 43.1 Å². The molecular formula is C13H19N5O. The van der Waals surface area contributed by atoms with Crippen molar-refractivity contribution in [1.82, 2.24) is 24.8 Å². The van der Waals surface area contributed by atoms with Crippen LogP contribution >= 0.6 is 0 Å². The highest BCUT2D eigenvalue weighted by Gasteiger charge is 2.29. The van der Waals surface area contributed by atoms with Gasteiger partial charge in [-0.1, -0.05) is 5.16 Å². The number of rotatable bonds is 4. The highest BCUT2D eigenvalue weighted by Crippen LogP contribution is 2.32. The van der Waals surface area contributed by atoms with Crippen LogP contribution in [0.5, 0.6) is 0 Å². The first-order chi connectivity index (χ1) is 9.28. The fourth-order valence-corrected chi connectivity index (χ4v) is 2.75. The van der Waals surface area contributed by atoms with E-state index in [0.717, 1.165) is 43.3 Å². The number of likely N-dealkylation sites (tertiary alicyclic amines) is 1. The number of hydrogen-bond acceptors (Lipinski definition) is 5. The Morgan fingerprint density at radius 3 is 3.11 bits per heavy atom. The number of hydrogen-bond donors (Lipinski definition) is 0. The van der Waals surface area contributed by atoms with E-state index in [-0.39, 0.29) is 0 Å². The molecule has 3 heterocycles. The number of aromatic nitrogens is 4. The number of nitrogens with zero attached hydrogens (tertiary/aromatic N) is 5. The maximum Gasteiger partial charge on any atom is 0.141 e. The molecule has 1 atom stereocenters. The van der Waals surface area contributed by atoms with Gasteiger partial charge in [-0.25, -0.2) is 9.67 Å². The molecule has 0 aliphatic carbocycles. The zero-order chi connectivity index (χ0) is 13.2. The summed E-state index contributed by atoms with van der Waals surface area (Å²) in [6.07, 6.45) is 3.95. The Morgan fingerprint density at radius 1 is 1.47 bits per heavy atom. The van der Waals surface area contributed by atoms with Crippen molar-refractivity contribution in [2.24, 2.45) is 0 Å². The highest BCUT2D eigenvalue weighted by atomic mass is 16.5. The quantitative estimate of drug-likeness (QED) is 0.841. The Labute approximate surface area is 112 Å². The third-order valence-electron chi connectivity index (χ3n) is 3.69. The SMILES string of the molecule is CCn1ncnc1CN1CCC[C@H]1c1cc(C)on1. The lowest BCUT2D eigenvalue weighted by Gasteiger charge is -2.22. The van der Waals surface area contributed by atoms with Gasteiger partial charge in [0.2, 0.25) is 0 Å². The third-order valence-corrected chi connectivity index (χ3v) is 3.69. The second-order valence-electron chi connectivity index (χ2n) is 4.98. The highest BCUT2D eigenvalue weighted by molar-refractivity contribution is 5.10. The van der Waals surface area contributed by atoms with Gasteiger partial charge < -0.3 is 4.52 Å². The van der Waals surface area contributed by atoms with Gasteiger partial charge in [0.25, 0.3) is 0 Å². The molecule has 0 N–H and O–H groups in total. The minimum Gasteiger partial charge on any atom is -0.361 e. The van der Waals surface area contributed by atoms with E-state index in [0.29, 0.717) is 6.04 Å². The fraction of sp³-hybridized carbons (Fsp3) is 0.615. The van der Waals surface area contributed by atoms with Crippen molar-refractivity contribution in [3.05, 3.63) is 29.7 Å². The molecule has 1 saturated heterocycles. The molecule has 2 aromatic rings. The molecule has 1 fully saturated rings. The summed E-state index contributed by atoms with van der Waals surface area (Å²) in [5.41, 5.74) is 1.04. The Morgan fingerprint density at radius 2 is 2.37 bits per heavy atom. The van der Waals surface area contributed by atoms with E-state index in [2.05, 4.69) is 27.1 Å². The van der Waals surface area contributed by atoms with Crippen molar-refractivity contribution in [2.45, 2.75) is 45.8 Å². The Hall–Kier alpha value is -1.69. The molecule has 0 radical (unpaired) electrons. The van der Waals surface area contributed by atoms with E-state index in [1.54, 1.807) is 6.33 Å². The molecule has 0 unspecified atom stereocenters. The third kappa shape index (κ3) is 2.40. The molecule has 1 aliphatic heterocycles. The summed E-state index contributed by atoms with van der Waals surface area (Å²) < 4.78 is 7.14. The normalized spacial score (nSPS) is 20.2. The summed E-state index contributed by atoms with van der Waals surface area (Å²) in [4.78, 5) is 6.76. The van der Waals surface area contributed by atoms with Crippen molar-refractivity contribution in [2.75, 3.05) is 6.54 Å². The molecule has 0 amide bonds. The van der Waals surface area contributed by atoms with Crippen LogP contribution in [0, 0.1) is 6.92 Å². The first-order valence-electron chi connectivity index (χ1n) is 6.82. The Balaban J connectivity index is 1.76. The molecule has 0 bridgehead atoms. The zero-order valence-electron chi connectivity index (χ0n) is 11.4. The van der Waals surface area contributed by atoms with Gasteiger partial charge in [-0.2, -0.15) is 5.10 Å². The second-order valence-corrected chi connectivity index (χ2v) is 4.98. The van der Waals surface area contributed by atoms with Crippen molar-refractivity contribution in [3.8, 4) is 0 Å². The minimum atomic E-state index is 0.347. The maximum absolute atomic E-state index is 5.20. The summed E-state index contributed by atoms with van der Waals surface area (Å²) >= 11 is 0. The van der Waals surface area contributed by atoms with Crippen LogP contribution in [0.15, 0.2) is 16.9 Å². The van der Waals surface area contributed by atoms with Crippen molar-refractivity contribution < 1.29 is 4.52 Å². The zero-order valence-corrected chi connectivity index (χ0v) is 11.4. The van der Waals surface area contributed by atoms with E-state index in [1.165, 1.54) is 6.42 Å². The van der Waals surface area contributed by atoms with Crippen molar-refractivity contribution >= 4 is 0 Å². The number of aryl methyl sites for hydroxylation is 2. The maximum atomic E-state index is 5.20. The van der Waals surface area contributed by atoms with Gasteiger partial charge in [-0.15, -0.1) is 0 Å². The van der Waals surface area contributed by atoms with Crippen molar-refractivity contribution in [1.29, 1.82) is 0 Å². The molecule has 0 aromatic carbocycles. The van der Waals surface area contributed by atoms with E-state index in [9.17, 15) is 0 Å². The first kappa shape index (κ1) is 12.3. The lowest BCUT2D eigenvalue weighted by atomic mass is 10.1. The van der Waals surface area contributed by atoms with Gasteiger partial charge in [0.05, 0.1) is 12.6 Å². The molecular weight excluding hydrogens is 242 g/mol. The molecule has 0 saturated carbocycles. The van der Waals surface area contributed by atoms with E-state index in [1.807, 2.05) is 17.7 Å². The molecule has 102 valence electrons. The standard InChI is InChI=1S/C13H19N5O/c1-3-18-13(14-9-15-18)8-17-6-4-5-12(17)11-7-10(2)19-16-11/h7,9,12H,3-6,8H2,1-2H3/t12-/m0/s1. The molecule has 6 nitrogen and oxygen atoms in total. The average Bonchev–Trinajstić information content (AvgIpc) is 3.10. The largest absolute Gasteiger partial charge is 0.361 e. The molecule has 0 spiro atoms. The van der Waals surface area contributed by atoms with Gasteiger partial charge in [-0.3, -0.25) is 4.90 Å². The average molecular weight is 261 g/mol. The predicted molar refractivity (Wildman–Crippen MR) is 69.3 cm³/mol. The van der Waals surface area contributed by atoms with Crippen LogP contribution in [-0.4, -0.2) is 31.4 Å². The predicted octanol–water partition coefficient (Wildman–Crippen LogP) is 1.93. The lowest BCUT2D eigenvalue weighted by molar-refractivity contribution is 0.227. The molecule has 2 aromatic heterocycles. The summed E-state index contributed by atoms with van der Waals surface area (Å²) in [6.45, 7) is 6.78. The Kier molecular flexibility index (Phi) is 3.33. The van der Waals surface area contributed by atoms with Crippen LogP contribution < -0.4 is 0 Å². The van der Waals surface area contributed by atoms with Crippen molar-refractivity contribution in [3.63, 3.8) is 0 Å². The summed E-state index contributed by atoms with van der Waals surface area (Å²) in [7, 11) is 0. The fourth-order valence-electron chi connectivity index (χ4n) is 2.75. The summed E-state index contributed by atoms with van der Waals surface area (Å²) in [6, 6.07) is 2.38. The van der Waals surface area contributed by atoms with Gasteiger partial charge in [-0.05, 0) is 33.2 Å². The van der Waals surface area contributed by atoms with Crippen LogP contribution in [0.2, 0.25) is 0 Å². The first-order valence-corrected chi connectivity index (χ1v) is 6.82. The van der Waals surface area contributed by atoms with E-state index >= 15 is 0 Å². The van der Waals surface area contributed by atoms with Crippen LogP contribution in [0.3, 0.4) is 0 Å². The van der Waals surface area contributed by atoms with Crippen LogP contribution in [0.25, 0.3) is 0 Å². The van der Waals surface area contributed by atoms with Crippen LogP contribution in [0.4, 0.5) is 0 Å². The van der Waals surface area contributed by atoms with Gasteiger partial charge in [0, 0.05) is 12.6 Å². The summed E-state index contributed by atoms with van der Waals surface area (Å²) in [5.74, 6) is 1.90. The molecule has 19 heavy (non-hydrogen) atoms.